The minimum Gasteiger partial charge on any atom is -0.444 e. The number of imidazole rings is 1. The van der Waals surface area contributed by atoms with Crippen molar-refractivity contribution >= 4 is 29.4 Å². The molecule has 2 fully saturated rings. The van der Waals surface area contributed by atoms with E-state index in [4.69, 9.17) is 21.1 Å². The Labute approximate surface area is 250 Å². The number of ether oxygens (including phenoxy) is 2. The number of nitrogens with zero attached hydrogens (tertiary/aromatic N) is 4. The van der Waals surface area contributed by atoms with Crippen molar-refractivity contribution < 1.29 is 41.0 Å². The zero-order valence-electron chi connectivity index (χ0n) is 24.5. The van der Waals surface area contributed by atoms with Gasteiger partial charge in [0.05, 0.1) is 55.2 Å². The Bertz CT molecular complexity index is 1340. The second-order valence-corrected chi connectivity index (χ2v) is 13.0. The number of fused-ring (bicyclic) bond motifs is 1. The molecule has 4 rings (SSSR count). The van der Waals surface area contributed by atoms with Crippen molar-refractivity contribution in [2.75, 3.05) is 19.7 Å². The van der Waals surface area contributed by atoms with Crippen molar-refractivity contribution in [2.24, 2.45) is 5.41 Å². The minimum absolute atomic E-state index is 0.0509. The molecular formula is C27H36ClF5N6O4. The average Bonchev–Trinajstić information content (AvgIpc) is 3.59. The Hall–Kier alpha value is -2.94. The molecule has 3 amide bonds. The fraction of sp³-hybridized carbons (Fsp3) is 0.704. The topological polar surface area (TPSA) is 110 Å². The first-order valence-electron chi connectivity index (χ1n) is 13.9. The lowest BCUT2D eigenvalue weighted by Gasteiger charge is -2.38. The van der Waals surface area contributed by atoms with Crippen LogP contribution in [0.25, 0.3) is 5.65 Å². The van der Waals surface area contributed by atoms with Crippen molar-refractivity contribution in [3.8, 4) is 0 Å². The summed E-state index contributed by atoms with van der Waals surface area (Å²) in [6, 6.07) is -1.28. The van der Waals surface area contributed by atoms with E-state index < -0.39 is 60.4 Å². The van der Waals surface area contributed by atoms with Crippen LogP contribution in [0.5, 0.6) is 0 Å². The molecule has 3 heterocycles. The number of hydrogen-bond donors (Lipinski definition) is 2. The molecule has 2 aliphatic rings. The quantitative estimate of drug-likeness (QED) is 0.300. The van der Waals surface area contributed by atoms with Crippen LogP contribution < -0.4 is 10.6 Å². The molecule has 16 heteroatoms. The highest BCUT2D eigenvalue weighted by atomic mass is 35.5. The number of rotatable bonds is 10. The van der Waals surface area contributed by atoms with Crippen LogP contribution in [0.1, 0.15) is 83.6 Å². The maximum absolute atomic E-state index is 14.3. The van der Waals surface area contributed by atoms with Gasteiger partial charge in [0.25, 0.3) is 5.92 Å². The van der Waals surface area contributed by atoms with Gasteiger partial charge in [0.15, 0.2) is 10.8 Å². The largest absolute Gasteiger partial charge is 0.444 e. The zero-order chi connectivity index (χ0) is 32.0. The molecule has 0 spiro atoms. The number of halogens is 6. The Morgan fingerprint density at radius 1 is 1.23 bits per heavy atom. The van der Waals surface area contributed by atoms with Gasteiger partial charge in [-0.25, -0.2) is 27.9 Å². The van der Waals surface area contributed by atoms with E-state index in [1.54, 1.807) is 20.8 Å². The summed E-state index contributed by atoms with van der Waals surface area (Å²) >= 11 is 6.51. The molecule has 0 aromatic carbocycles. The van der Waals surface area contributed by atoms with Crippen molar-refractivity contribution in [2.45, 2.75) is 96.2 Å². The van der Waals surface area contributed by atoms with Crippen LogP contribution in [-0.4, -0.2) is 75.1 Å². The number of carbonyl (C=O) groups is 2. The molecule has 0 unspecified atom stereocenters. The zero-order valence-corrected chi connectivity index (χ0v) is 25.3. The fourth-order valence-electron chi connectivity index (χ4n) is 4.47. The lowest BCUT2D eigenvalue weighted by molar-refractivity contribution is -0.214. The lowest BCUT2D eigenvalue weighted by atomic mass is 9.85. The Kier molecular flexibility index (Phi) is 9.09. The molecule has 1 saturated heterocycles. The van der Waals surface area contributed by atoms with Crippen molar-refractivity contribution in [3.05, 3.63) is 28.7 Å². The molecule has 1 saturated carbocycles. The van der Waals surface area contributed by atoms with Crippen LogP contribution in [-0.2, 0) is 9.47 Å². The van der Waals surface area contributed by atoms with Crippen molar-refractivity contribution in [3.63, 3.8) is 0 Å². The van der Waals surface area contributed by atoms with Gasteiger partial charge >= 0.3 is 18.3 Å². The Morgan fingerprint density at radius 2 is 1.91 bits per heavy atom. The summed E-state index contributed by atoms with van der Waals surface area (Å²) in [5.74, 6) is -3.19. The van der Waals surface area contributed by atoms with E-state index in [2.05, 4.69) is 20.7 Å². The van der Waals surface area contributed by atoms with Crippen LogP contribution in [0, 0.1) is 5.41 Å². The predicted molar refractivity (Wildman–Crippen MR) is 146 cm³/mol. The molecular weight excluding hydrogens is 603 g/mol. The SMILES string of the molecule is CC(C)(C)OC(=O)N[C@@H](CCC(C)(C)C(F)(F)F)c1cn2nc(Cl)c([C@@H](COC3CC3)N3CC(F)(F)CNC3=O)cc2n1. The van der Waals surface area contributed by atoms with Gasteiger partial charge in [-0.15, -0.1) is 0 Å². The van der Waals surface area contributed by atoms with Gasteiger partial charge in [0.2, 0.25) is 0 Å². The van der Waals surface area contributed by atoms with E-state index in [1.807, 2.05) is 0 Å². The third-order valence-corrected chi connectivity index (χ3v) is 7.53. The maximum Gasteiger partial charge on any atom is 0.408 e. The van der Waals surface area contributed by atoms with Crippen molar-refractivity contribution in [1.29, 1.82) is 0 Å². The second-order valence-electron chi connectivity index (χ2n) is 12.7. The summed E-state index contributed by atoms with van der Waals surface area (Å²) in [5.41, 5.74) is -2.37. The van der Waals surface area contributed by atoms with Gasteiger partial charge in [-0.05, 0) is 52.5 Å². The highest BCUT2D eigenvalue weighted by Crippen LogP contribution is 2.42. The van der Waals surface area contributed by atoms with Crippen molar-refractivity contribution in [1.82, 2.24) is 30.1 Å². The molecule has 0 radical (unpaired) electrons. The molecule has 2 aromatic heterocycles. The minimum atomic E-state index is -4.48. The second kappa shape index (κ2) is 11.9. The third-order valence-electron chi connectivity index (χ3n) is 7.23. The van der Waals surface area contributed by atoms with E-state index in [9.17, 15) is 31.5 Å². The van der Waals surface area contributed by atoms with Gasteiger partial charge in [0, 0.05) is 5.56 Å². The molecule has 1 aliphatic carbocycles. The molecule has 43 heavy (non-hydrogen) atoms. The van der Waals surface area contributed by atoms with E-state index in [0.717, 1.165) is 31.6 Å². The Balaban J connectivity index is 1.68. The van der Waals surface area contributed by atoms with Crippen LogP contribution in [0.3, 0.4) is 0 Å². The molecule has 1 aliphatic heterocycles. The molecule has 2 atom stereocenters. The number of alkyl carbamates (subject to hydrolysis) is 1. The summed E-state index contributed by atoms with van der Waals surface area (Å²) < 4.78 is 81.8. The van der Waals surface area contributed by atoms with Crippen LogP contribution in [0.2, 0.25) is 5.15 Å². The monoisotopic (exact) mass is 638 g/mol. The molecule has 0 bridgehead atoms. The number of carbonyl (C=O) groups excluding carboxylic acids is 2. The highest BCUT2D eigenvalue weighted by Gasteiger charge is 2.47. The van der Waals surface area contributed by atoms with Crippen LogP contribution in [0.4, 0.5) is 31.5 Å². The first kappa shape index (κ1) is 33.0. The van der Waals surface area contributed by atoms with Crippen LogP contribution >= 0.6 is 11.6 Å². The number of nitrogens with one attached hydrogen (secondary N) is 2. The number of aromatic nitrogens is 3. The van der Waals surface area contributed by atoms with E-state index in [-0.39, 0.29) is 47.6 Å². The van der Waals surface area contributed by atoms with Gasteiger partial charge in [0.1, 0.15) is 5.60 Å². The summed E-state index contributed by atoms with van der Waals surface area (Å²) in [6.45, 7) is 5.30. The number of hydrogen-bond acceptors (Lipinski definition) is 6. The number of urea groups is 1. The van der Waals surface area contributed by atoms with Gasteiger partial charge < -0.3 is 25.0 Å². The highest BCUT2D eigenvalue weighted by molar-refractivity contribution is 6.30. The number of amides is 3. The van der Waals surface area contributed by atoms with Gasteiger partial charge in [-0.1, -0.05) is 25.4 Å². The van der Waals surface area contributed by atoms with E-state index in [1.165, 1.54) is 16.8 Å². The molecule has 2 aromatic rings. The van der Waals surface area contributed by atoms with Gasteiger partial charge in [-0.3, -0.25) is 0 Å². The van der Waals surface area contributed by atoms with Gasteiger partial charge in [-0.2, -0.15) is 18.3 Å². The molecule has 240 valence electrons. The summed E-state index contributed by atoms with van der Waals surface area (Å²) in [4.78, 5) is 30.7. The van der Waals surface area contributed by atoms with Crippen LogP contribution in [0.15, 0.2) is 12.3 Å². The van der Waals surface area contributed by atoms with E-state index in [0.29, 0.717) is 0 Å². The first-order chi connectivity index (χ1) is 19.7. The standard InChI is InChI=1S/C27H36ClF5N6O4/c1-24(2,3)43-23(41)36-17(8-9-25(4,5)27(31,32)33)18-11-39-20(35-18)10-16(21(28)37-39)19(12-42-15-6-7-15)38-14-26(29,30)13-34-22(38)40/h10-11,15,17,19H,6-9,12-14H2,1-5H3,(H,34,40)(H,36,41)/t17-,19+/m0/s1. The smallest absolute Gasteiger partial charge is 0.408 e. The Morgan fingerprint density at radius 3 is 2.51 bits per heavy atom. The third kappa shape index (κ3) is 8.37. The fourth-order valence-corrected chi connectivity index (χ4v) is 4.73. The average molecular weight is 639 g/mol. The summed E-state index contributed by atoms with van der Waals surface area (Å²) in [7, 11) is 0. The normalized spacial score (nSPS) is 19.2. The summed E-state index contributed by atoms with van der Waals surface area (Å²) in [6.07, 6.45) is -2.85. The first-order valence-corrected chi connectivity index (χ1v) is 14.3. The molecule has 10 nitrogen and oxygen atoms in total. The predicted octanol–water partition coefficient (Wildman–Crippen LogP) is 6.20. The number of alkyl halides is 5. The lowest BCUT2D eigenvalue weighted by Crippen LogP contribution is -2.58. The summed E-state index contributed by atoms with van der Waals surface area (Å²) in [5, 5.41) is 8.96. The maximum atomic E-state index is 14.3. The molecule has 2 N–H and O–H groups in total. The van der Waals surface area contributed by atoms with E-state index >= 15 is 0 Å².